The highest BCUT2D eigenvalue weighted by molar-refractivity contribution is 6.35. The summed E-state index contributed by atoms with van der Waals surface area (Å²) in [6, 6.07) is 4.85. The maximum Gasteiger partial charge on any atom is 0.234 e. The highest BCUT2D eigenvalue weighted by atomic mass is 35.5. The van der Waals surface area contributed by atoms with Gasteiger partial charge in [-0.05, 0) is 30.5 Å². The summed E-state index contributed by atoms with van der Waals surface area (Å²) in [5.74, 6) is -0.238. The highest BCUT2D eigenvalue weighted by Crippen LogP contribution is 2.26. The van der Waals surface area contributed by atoms with Crippen molar-refractivity contribution < 1.29 is 4.79 Å². The Kier molecular flexibility index (Phi) is 5.45. The third-order valence-corrected chi connectivity index (χ3v) is 3.39. The van der Waals surface area contributed by atoms with Crippen LogP contribution in [0.5, 0.6) is 0 Å². The SMILES string of the molecule is CC(NC(C(N)=O)C(C)C)c1ccc(Cl)cc1Cl. The number of amides is 1. The second-order valence-electron chi connectivity index (χ2n) is 4.68. The molecule has 100 valence electrons. The molecule has 1 amide bonds. The Balaban J connectivity index is 2.87. The zero-order chi connectivity index (χ0) is 13.9. The Morgan fingerprint density at radius 3 is 2.33 bits per heavy atom. The van der Waals surface area contributed by atoms with Crippen LogP contribution in [0.25, 0.3) is 0 Å². The third kappa shape index (κ3) is 3.87. The molecule has 0 fully saturated rings. The van der Waals surface area contributed by atoms with Crippen LogP contribution in [-0.2, 0) is 4.79 Å². The first kappa shape index (κ1) is 15.3. The Morgan fingerprint density at radius 2 is 1.89 bits per heavy atom. The summed E-state index contributed by atoms with van der Waals surface area (Å²) >= 11 is 12.0. The Hall–Kier alpha value is -0.770. The number of hydrogen-bond donors (Lipinski definition) is 2. The van der Waals surface area contributed by atoms with Crippen LogP contribution in [-0.4, -0.2) is 11.9 Å². The largest absolute Gasteiger partial charge is 0.368 e. The van der Waals surface area contributed by atoms with Crippen molar-refractivity contribution >= 4 is 29.1 Å². The monoisotopic (exact) mass is 288 g/mol. The minimum absolute atomic E-state index is 0.0744. The van der Waals surface area contributed by atoms with E-state index in [0.29, 0.717) is 10.0 Å². The number of halogens is 2. The highest BCUT2D eigenvalue weighted by Gasteiger charge is 2.22. The number of rotatable bonds is 5. The van der Waals surface area contributed by atoms with Gasteiger partial charge in [0.25, 0.3) is 0 Å². The normalized spacial score (nSPS) is 14.6. The molecule has 2 atom stereocenters. The van der Waals surface area contributed by atoms with Crippen molar-refractivity contribution in [1.29, 1.82) is 0 Å². The van der Waals surface area contributed by atoms with Crippen LogP contribution < -0.4 is 11.1 Å². The predicted molar refractivity (Wildman–Crippen MR) is 75.8 cm³/mol. The summed E-state index contributed by atoms with van der Waals surface area (Å²) in [6.07, 6.45) is 0. The zero-order valence-electron chi connectivity index (χ0n) is 10.7. The van der Waals surface area contributed by atoms with Gasteiger partial charge in [-0.25, -0.2) is 0 Å². The van der Waals surface area contributed by atoms with Gasteiger partial charge >= 0.3 is 0 Å². The standard InChI is InChI=1S/C13H18Cl2N2O/c1-7(2)12(13(16)18)17-8(3)10-5-4-9(14)6-11(10)15/h4-8,12,17H,1-3H3,(H2,16,18). The summed E-state index contributed by atoms with van der Waals surface area (Å²) in [5.41, 5.74) is 6.27. The fourth-order valence-corrected chi connectivity index (χ4v) is 2.39. The molecule has 0 spiro atoms. The van der Waals surface area contributed by atoms with E-state index in [-0.39, 0.29) is 23.9 Å². The maximum absolute atomic E-state index is 11.4. The fourth-order valence-electron chi connectivity index (χ4n) is 1.81. The molecule has 18 heavy (non-hydrogen) atoms. The van der Waals surface area contributed by atoms with Gasteiger partial charge in [0, 0.05) is 16.1 Å². The summed E-state index contributed by atoms with van der Waals surface area (Å²) < 4.78 is 0. The van der Waals surface area contributed by atoms with E-state index in [4.69, 9.17) is 28.9 Å². The number of nitrogens with one attached hydrogen (secondary N) is 1. The van der Waals surface area contributed by atoms with Gasteiger partial charge in [-0.3, -0.25) is 10.1 Å². The molecule has 3 nitrogen and oxygen atoms in total. The molecule has 0 aliphatic rings. The zero-order valence-corrected chi connectivity index (χ0v) is 12.2. The summed E-state index contributed by atoms with van der Waals surface area (Å²) in [6.45, 7) is 5.82. The first-order chi connectivity index (χ1) is 8.32. The minimum atomic E-state index is -0.383. The van der Waals surface area contributed by atoms with E-state index in [2.05, 4.69) is 5.32 Å². The molecule has 0 heterocycles. The van der Waals surface area contributed by atoms with Crippen LogP contribution in [0, 0.1) is 5.92 Å². The molecule has 3 N–H and O–H groups in total. The van der Waals surface area contributed by atoms with Gasteiger partial charge in [-0.1, -0.05) is 43.1 Å². The summed E-state index contributed by atoms with van der Waals surface area (Å²) in [7, 11) is 0. The van der Waals surface area contributed by atoms with E-state index in [1.54, 1.807) is 12.1 Å². The lowest BCUT2D eigenvalue weighted by Crippen LogP contribution is -2.45. The van der Waals surface area contributed by atoms with Gasteiger partial charge in [-0.2, -0.15) is 0 Å². The molecule has 0 aliphatic heterocycles. The second kappa shape index (κ2) is 6.41. The minimum Gasteiger partial charge on any atom is -0.368 e. The third-order valence-electron chi connectivity index (χ3n) is 2.83. The van der Waals surface area contributed by atoms with Crippen LogP contribution in [0.1, 0.15) is 32.4 Å². The molecule has 0 saturated heterocycles. The van der Waals surface area contributed by atoms with E-state index < -0.39 is 0 Å². The Labute approximate surface area is 118 Å². The molecule has 1 rings (SSSR count). The average Bonchev–Trinajstić information content (AvgIpc) is 2.24. The van der Waals surface area contributed by atoms with E-state index in [1.807, 2.05) is 26.8 Å². The molecule has 5 heteroatoms. The van der Waals surface area contributed by atoms with Crippen molar-refractivity contribution in [3.05, 3.63) is 33.8 Å². The van der Waals surface area contributed by atoms with Crippen LogP contribution in [0.4, 0.5) is 0 Å². The topological polar surface area (TPSA) is 55.1 Å². The lowest BCUT2D eigenvalue weighted by molar-refractivity contribution is -0.121. The molecular weight excluding hydrogens is 271 g/mol. The van der Waals surface area contributed by atoms with E-state index in [1.165, 1.54) is 0 Å². The Bertz CT molecular complexity index is 435. The van der Waals surface area contributed by atoms with E-state index in [0.717, 1.165) is 5.56 Å². The maximum atomic E-state index is 11.4. The van der Waals surface area contributed by atoms with Crippen molar-refractivity contribution in [2.45, 2.75) is 32.9 Å². The lowest BCUT2D eigenvalue weighted by Gasteiger charge is -2.24. The number of carbonyl (C=O) groups excluding carboxylic acids is 1. The van der Waals surface area contributed by atoms with Crippen molar-refractivity contribution in [2.75, 3.05) is 0 Å². The molecule has 0 aliphatic carbocycles. The number of primary amides is 1. The molecule has 0 saturated carbocycles. The van der Waals surface area contributed by atoms with Gasteiger partial charge in [-0.15, -0.1) is 0 Å². The number of hydrogen-bond acceptors (Lipinski definition) is 2. The van der Waals surface area contributed by atoms with E-state index >= 15 is 0 Å². The second-order valence-corrected chi connectivity index (χ2v) is 5.52. The summed E-state index contributed by atoms with van der Waals surface area (Å²) in [5, 5.41) is 4.36. The van der Waals surface area contributed by atoms with Crippen molar-refractivity contribution in [3.63, 3.8) is 0 Å². The fraction of sp³-hybridized carbons (Fsp3) is 0.462. The smallest absolute Gasteiger partial charge is 0.234 e. The van der Waals surface area contributed by atoms with Crippen molar-refractivity contribution in [3.8, 4) is 0 Å². The van der Waals surface area contributed by atoms with E-state index in [9.17, 15) is 4.79 Å². The summed E-state index contributed by atoms with van der Waals surface area (Å²) in [4.78, 5) is 11.4. The molecule has 1 aromatic rings. The first-order valence-corrected chi connectivity index (χ1v) is 6.58. The van der Waals surface area contributed by atoms with Crippen molar-refractivity contribution in [2.24, 2.45) is 11.7 Å². The molecule has 2 unspecified atom stereocenters. The Morgan fingerprint density at radius 1 is 1.28 bits per heavy atom. The van der Waals surface area contributed by atoms with Gasteiger partial charge in [0.2, 0.25) is 5.91 Å². The van der Waals surface area contributed by atoms with Crippen LogP contribution in [0.2, 0.25) is 10.0 Å². The van der Waals surface area contributed by atoms with Crippen LogP contribution in [0.3, 0.4) is 0 Å². The van der Waals surface area contributed by atoms with Gasteiger partial charge in [0.1, 0.15) is 0 Å². The lowest BCUT2D eigenvalue weighted by atomic mass is 10.0. The number of carbonyl (C=O) groups is 1. The first-order valence-electron chi connectivity index (χ1n) is 5.83. The number of benzene rings is 1. The quantitative estimate of drug-likeness (QED) is 0.874. The molecule has 0 radical (unpaired) electrons. The van der Waals surface area contributed by atoms with Crippen LogP contribution in [0.15, 0.2) is 18.2 Å². The molecule has 0 aromatic heterocycles. The van der Waals surface area contributed by atoms with Gasteiger partial charge in [0.05, 0.1) is 6.04 Å². The average molecular weight is 289 g/mol. The molecule has 1 aromatic carbocycles. The molecule has 0 bridgehead atoms. The molecular formula is C13H18Cl2N2O. The van der Waals surface area contributed by atoms with Gasteiger partial charge in [0.15, 0.2) is 0 Å². The van der Waals surface area contributed by atoms with Crippen LogP contribution >= 0.6 is 23.2 Å². The number of nitrogens with two attached hydrogens (primary N) is 1. The van der Waals surface area contributed by atoms with Gasteiger partial charge < -0.3 is 5.73 Å². The predicted octanol–water partition coefficient (Wildman–Crippen LogP) is 3.15. The van der Waals surface area contributed by atoms with Crippen molar-refractivity contribution in [1.82, 2.24) is 5.32 Å².